The van der Waals surface area contributed by atoms with Crippen LogP contribution in [0.5, 0.6) is 5.75 Å². The molecular weight excluding hydrogens is 294 g/mol. The fraction of sp³-hybridized carbons (Fsp3) is 0.294. The predicted octanol–water partition coefficient (Wildman–Crippen LogP) is 1.62. The molecule has 0 radical (unpaired) electrons. The van der Waals surface area contributed by atoms with E-state index in [1.54, 1.807) is 53.4 Å². The van der Waals surface area contributed by atoms with Gasteiger partial charge in [-0.15, -0.1) is 0 Å². The van der Waals surface area contributed by atoms with Gasteiger partial charge in [-0.1, -0.05) is 6.07 Å². The fourth-order valence-corrected chi connectivity index (χ4v) is 2.69. The van der Waals surface area contributed by atoms with Crippen LogP contribution in [-0.4, -0.2) is 59.9 Å². The van der Waals surface area contributed by atoms with Gasteiger partial charge in [0.2, 0.25) is 0 Å². The zero-order valence-electron chi connectivity index (χ0n) is 13.0. The average molecular weight is 313 g/mol. The maximum Gasteiger partial charge on any atom is 0.270 e. The molecule has 6 nitrogen and oxygen atoms in total. The van der Waals surface area contributed by atoms with Crippen molar-refractivity contribution < 1.29 is 14.3 Å². The van der Waals surface area contributed by atoms with Crippen LogP contribution in [0.2, 0.25) is 0 Å². The molecule has 3 rings (SSSR count). The normalized spacial score (nSPS) is 14.7. The van der Waals surface area contributed by atoms with Crippen LogP contribution in [0.4, 0.5) is 0 Å². The topological polar surface area (TPSA) is 65.6 Å². The van der Waals surface area contributed by atoms with Gasteiger partial charge in [0.05, 0.1) is 7.11 Å². The molecule has 0 bridgehead atoms. The summed E-state index contributed by atoms with van der Waals surface area (Å²) in [5.41, 5.74) is 1.19. The highest BCUT2D eigenvalue weighted by molar-refractivity contribution is 5.95. The van der Waals surface area contributed by atoms with Gasteiger partial charge in [-0.3, -0.25) is 9.59 Å². The van der Waals surface area contributed by atoms with Gasteiger partial charge >= 0.3 is 0 Å². The Morgan fingerprint density at radius 1 is 1.00 bits per heavy atom. The molecule has 0 spiro atoms. The number of piperazine rings is 1. The first kappa shape index (κ1) is 15.1. The Balaban J connectivity index is 1.62. The number of methoxy groups -OCH3 is 1. The van der Waals surface area contributed by atoms with Crippen LogP contribution in [0.3, 0.4) is 0 Å². The van der Waals surface area contributed by atoms with Crippen LogP contribution in [0.15, 0.2) is 42.6 Å². The molecular formula is C17H19N3O3. The standard InChI is InChI=1S/C17H19N3O3/c1-23-14-5-2-4-13(12-14)16(21)19-8-10-20(11-9-19)17(22)15-6-3-7-18-15/h2-7,12,18H,8-11H2,1H3. The average Bonchev–Trinajstić information content (AvgIpc) is 3.15. The fourth-order valence-electron chi connectivity index (χ4n) is 2.69. The Hall–Kier alpha value is -2.76. The van der Waals surface area contributed by atoms with E-state index in [-0.39, 0.29) is 11.8 Å². The summed E-state index contributed by atoms with van der Waals surface area (Å²) < 4.78 is 5.16. The first-order valence-electron chi connectivity index (χ1n) is 7.55. The maximum absolute atomic E-state index is 12.5. The number of hydrogen-bond donors (Lipinski definition) is 1. The SMILES string of the molecule is COc1cccc(C(=O)N2CCN(C(=O)c3ccc[nH]3)CC2)c1. The number of hydrogen-bond acceptors (Lipinski definition) is 3. The van der Waals surface area contributed by atoms with E-state index in [2.05, 4.69) is 4.98 Å². The number of H-pyrrole nitrogens is 1. The molecule has 1 fully saturated rings. The zero-order chi connectivity index (χ0) is 16.2. The highest BCUT2D eigenvalue weighted by atomic mass is 16.5. The first-order chi connectivity index (χ1) is 11.2. The van der Waals surface area contributed by atoms with Crippen molar-refractivity contribution >= 4 is 11.8 Å². The second kappa shape index (κ2) is 6.56. The lowest BCUT2D eigenvalue weighted by atomic mass is 10.1. The number of ether oxygens (including phenoxy) is 1. The van der Waals surface area contributed by atoms with Crippen molar-refractivity contribution in [1.29, 1.82) is 0 Å². The first-order valence-corrected chi connectivity index (χ1v) is 7.55. The van der Waals surface area contributed by atoms with Crippen molar-refractivity contribution in [2.24, 2.45) is 0 Å². The Labute approximate surface area is 134 Å². The monoisotopic (exact) mass is 313 g/mol. The van der Waals surface area contributed by atoms with E-state index in [1.165, 1.54) is 0 Å². The van der Waals surface area contributed by atoms with Gasteiger partial charge < -0.3 is 19.5 Å². The Kier molecular flexibility index (Phi) is 4.32. The Morgan fingerprint density at radius 3 is 2.30 bits per heavy atom. The molecule has 120 valence electrons. The quantitative estimate of drug-likeness (QED) is 0.936. The summed E-state index contributed by atoms with van der Waals surface area (Å²) in [6.07, 6.45) is 1.73. The molecule has 1 saturated heterocycles. The number of benzene rings is 1. The summed E-state index contributed by atoms with van der Waals surface area (Å²) in [5, 5.41) is 0. The summed E-state index contributed by atoms with van der Waals surface area (Å²) in [6, 6.07) is 10.7. The molecule has 1 aromatic heterocycles. The van der Waals surface area contributed by atoms with Crippen molar-refractivity contribution in [2.45, 2.75) is 0 Å². The smallest absolute Gasteiger partial charge is 0.270 e. The van der Waals surface area contributed by atoms with Gasteiger partial charge in [0, 0.05) is 37.9 Å². The highest BCUT2D eigenvalue weighted by Gasteiger charge is 2.25. The van der Waals surface area contributed by atoms with Crippen LogP contribution in [0, 0.1) is 0 Å². The summed E-state index contributed by atoms with van der Waals surface area (Å²) in [7, 11) is 1.58. The lowest BCUT2D eigenvalue weighted by Gasteiger charge is -2.34. The van der Waals surface area contributed by atoms with Crippen LogP contribution in [-0.2, 0) is 0 Å². The molecule has 0 saturated carbocycles. The number of amides is 2. The van der Waals surface area contributed by atoms with E-state index in [0.29, 0.717) is 43.2 Å². The van der Waals surface area contributed by atoms with E-state index in [9.17, 15) is 9.59 Å². The van der Waals surface area contributed by atoms with Gasteiger partial charge in [-0.25, -0.2) is 0 Å². The Morgan fingerprint density at radius 2 is 1.70 bits per heavy atom. The Bertz CT molecular complexity index is 689. The second-order valence-electron chi connectivity index (χ2n) is 5.40. The molecule has 1 aliphatic heterocycles. The van der Waals surface area contributed by atoms with Gasteiger partial charge in [-0.2, -0.15) is 0 Å². The lowest BCUT2D eigenvalue weighted by Crippen LogP contribution is -2.50. The van der Waals surface area contributed by atoms with Crippen molar-refractivity contribution in [3.63, 3.8) is 0 Å². The van der Waals surface area contributed by atoms with Gasteiger partial charge in [0.25, 0.3) is 11.8 Å². The highest BCUT2D eigenvalue weighted by Crippen LogP contribution is 2.16. The van der Waals surface area contributed by atoms with Gasteiger partial charge in [0.15, 0.2) is 0 Å². The van der Waals surface area contributed by atoms with Crippen LogP contribution < -0.4 is 4.74 Å². The summed E-state index contributed by atoms with van der Waals surface area (Å²) in [5.74, 6) is 0.607. The predicted molar refractivity (Wildman–Crippen MR) is 85.6 cm³/mol. The van der Waals surface area contributed by atoms with Crippen LogP contribution in [0.25, 0.3) is 0 Å². The minimum atomic E-state index is -0.0316. The van der Waals surface area contributed by atoms with E-state index in [4.69, 9.17) is 4.74 Å². The summed E-state index contributed by atoms with van der Waals surface area (Å²) in [4.78, 5) is 31.3. The maximum atomic E-state index is 12.5. The van der Waals surface area contributed by atoms with E-state index in [1.807, 2.05) is 6.07 Å². The molecule has 0 atom stereocenters. The molecule has 0 aliphatic carbocycles. The number of aromatic nitrogens is 1. The van der Waals surface area contributed by atoms with Crippen molar-refractivity contribution in [1.82, 2.24) is 14.8 Å². The molecule has 2 heterocycles. The van der Waals surface area contributed by atoms with Gasteiger partial charge in [-0.05, 0) is 30.3 Å². The minimum absolute atomic E-state index is 0.0246. The third-order valence-corrected chi connectivity index (χ3v) is 4.00. The van der Waals surface area contributed by atoms with E-state index in [0.717, 1.165) is 0 Å². The summed E-state index contributed by atoms with van der Waals surface area (Å²) in [6.45, 7) is 2.13. The molecule has 2 aromatic rings. The number of aromatic amines is 1. The molecule has 23 heavy (non-hydrogen) atoms. The molecule has 1 N–H and O–H groups in total. The second-order valence-corrected chi connectivity index (χ2v) is 5.40. The zero-order valence-corrected chi connectivity index (χ0v) is 13.0. The number of carbonyl (C=O) groups excluding carboxylic acids is 2. The van der Waals surface area contributed by atoms with E-state index >= 15 is 0 Å². The number of rotatable bonds is 3. The van der Waals surface area contributed by atoms with Crippen LogP contribution >= 0.6 is 0 Å². The minimum Gasteiger partial charge on any atom is -0.497 e. The number of nitrogens with zero attached hydrogens (tertiary/aromatic N) is 2. The third-order valence-electron chi connectivity index (χ3n) is 4.00. The third kappa shape index (κ3) is 3.21. The molecule has 1 aromatic carbocycles. The molecule has 0 unspecified atom stereocenters. The molecule has 2 amide bonds. The summed E-state index contributed by atoms with van der Waals surface area (Å²) >= 11 is 0. The number of carbonyl (C=O) groups is 2. The van der Waals surface area contributed by atoms with Crippen molar-refractivity contribution in [2.75, 3.05) is 33.3 Å². The van der Waals surface area contributed by atoms with Crippen molar-refractivity contribution in [3.8, 4) is 5.75 Å². The van der Waals surface area contributed by atoms with Gasteiger partial charge in [0.1, 0.15) is 11.4 Å². The largest absolute Gasteiger partial charge is 0.497 e. The van der Waals surface area contributed by atoms with Crippen LogP contribution in [0.1, 0.15) is 20.8 Å². The molecule has 6 heteroatoms. The van der Waals surface area contributed by atoms with Crippen molar-refractivity contribution in [3.05, 3.63) is 53.9 Å². The lowest BCUT2D eigenvalue weighted by molar-refractivity contribution is 0.0532. The number of nitrogens with one attached hydrogen (secondary N) is 1. The van der Waals surface area contributed by atoms with E-state index < -0.39 is 0 Å². The molecule has 1 aliphatic rings.